The highest BCUT2D eigenvalue weighted by molar-refractivity contribution is 6.66. The van der Waals surface area contributed by atoms with Crippen molar-refractivity contribution >= 4 is 23.6 Å². The second-order valence-corrected chi connectivity index (χ2v) is 11.0. The summed E-state index contributed by atoms with van der Waals surface area (Å²) in [5, 5.41) is 0. The highest BCUT2D eigenvalue weighted by Gasteiger charge is 2.39. The molecule has 0 bridgehead atoms. The van der Waals surface area contributed by atoms with Crippen molar-refractivity contribution < 1.29 is 36.1 Å². The molecule has 0 aliphatic heterocycles. The van der Waals surface area contributed by atoms with Gasteiger partial charge in [0.1, 0.15) is 0 Å². The van der Waals surface area contributed by atoms with Crippen molar-refractivity contribution in [1.29, 1.82) is 0 Å². The molecule has 28 heavy (non-hydrogen) atoms. The average Bonchev–Trinajstić information content (AvgIpc) is 2.68. The van der Waals surface area contributed by atoms with E-state index in [0.717, 1.165) is 0 Å². The highest BCUT2D eigenvalue weighted by atomic mass is 28.4. The third kappa shape index (κ3) is 11.9. The fraction of sp³-hybridized carbons (Fsp3) is 0.722. The maximum atomic E-state index is 11.2. The van der Waals surface area contributed by atoms with Crippen LogP contribution in [0, 0.1) is 0 Å². The van der Waals surface area contributed by atoms with Gasteiger partial charge in [0, 0.05) is 52.8 Å². The fourth-order valence-electron chi connectivity index (χ4n) is 2.08. The lowest BCUT2D eigenvalue weighted by atomic mass is 10.4. The van der Waals surface area contributed by atoms with Crippen LogP contribution in [-0.2, 0) is 36.1 Å². The van der Waals surface area contributed by atoms with E-state index in [-0.39, 0.29) is 5.97 Å². The molecule has 0 aromatic carbocycles. The Kier molecular flexibility index (Phi) is 17.9. The summed E-state index contributed by atoms with van der Waals surface area (Å²) in [6.07, 6.45) is 0.658. The van der Waals surface area contributed by atoms with Gasteiger partial charge in [0.2, 0.25) is 0 Å². The quantitative estimate of drug-likeness (QED) is 0.167. The molecule has 0 saturated carbocycles. The van der Waals surface area contributed by atoms with Crippen molar-refractivity contribution in [3.8, 4) is 0 Å². The molecule has 8 nitrogen and oxygen atoms in total. The Hall–Kier alpha value is -0.856. The molecule has 0 rings (SSSR count). The first-order valence-corrected chi connectivity index (χ1v) is 13.0. The average molecular weight is 439 g/mol. The Labute approximate surface area is 172 Å². The number of rotatable bonds is 15. The van der Waals surface area contributed by atoms with Crippen molar-refractivity contribution in [3.63, 3.8) is 0 Å². The zero-order valence-electron chi connectivity index (χ0n) is 18.5. The molecule has 0 saturated heterocycles. The molecule has 0 aliphatic carbocycles. The van der Waals surface area contributed by atoms with Crippen LogP contribution >= 0.6 is 0 Å². The molecule has 166 valence electrons. The first kappa shape index (κ1) is 29.3. The standard InChI is InChI=1S/C13H26O5Si.C5H12O3Si/c1-6-16-19(17-7-2,18-8-3)11-9-10-15-13(14)12(4)5;1-5-9(6-2,7-3)8-4/h4,6-11H2,1-3,5H3;5H,1H2,2-4H3. The van der Waals surface area contributed by atoms with Crippen molar-refractivity contribution in [2.24, 2.45) is 0 Å². The summed E-state index contributed by atoms with van der Waals surface area (Å²) in [7, 11) is -0.408. The number of carbonyl (C=O) groups is 1. The second-order valence-electron chi connectivity index (χ2n) is 5.42. The molecule has 0 heterocycles. The number of hydrogen-bond acceptors (Lipinski definition) is 8. The molecule has 0 amide bonds. The highest BCUT2D eigenvalue weighted by Crippen LogP contribution is 2.18. The topological polar surface area (TPSA) is 81.7 Å². The van der Waals surface area contributed by atoms with Gasteiger partial charge in [-0.05, 0) is 39.8 Å². The molecule has 0 radical (unpaired) electrons. The van der Waals surface area contributed by atoms with E-state index in [0.29, 0.717) is 44.5 Å². The molecule has 0 spiro atoms. The summed E-state index contributed by atoms with van der Waals surface area (Å²) < 4.78 is 37.0. The summed E-state index contributed by atoms with van der Waals surface area (Å²) in [6, 6.07) is 0.645. The molecule has 0 aromatic rings. The number of esters is 1. The summed E-state index contributed by atoms with van der Waals surface area (Å²) in [6.45, 7) is 16.4. The van der Waals surface area contributed by atoms with Gasteiger partial charge < -0.3 is 31.3 Å². The smallest absolute Gasteiger partial charge is 0.462 e. The first-order valence-electron chi connectivity index (χ1n) is 9.29. The predicted molar refractivity (Wildman–Crippen MR) is 113 cm³/mol. The molecule has 0 aliphatic rings. The van der Waals surface area contributed by atoms with E-state index in [2.05, 4.69) is 13.2 Å². The maximum absolute atomic E-state index is 11.2. The van der Waals surface area contributed by atoms with Crippen LogP contribution in [-0.4, -0.2) is 71.3 Å². The third-order valence-electron chi connectivity index (χ3n) is 3.41. The molecule has 0 unspecified atom stereocenters. The van der Waals surface area contributed by atoms with Gasteiger partial charge in [0.05, 0.1) is 6.61 Å². The first-order chi connectivity index (χ1) is 13.3. The fourth-order valence-corrected chi connectivity index (χ4v) is 5.66. The molecule has 0 aromatic heterocycles. The molecule has 0 fully saturated rings. The van der Waals surface area contributed by atoms with E-state index in [1.54, 1.807) is 34.0 Å². The lowest BCUT2D eigenvalue weighted by Crippen LogP contribution is -2.46. The summed E-state index contributed by atoms with van der Waals surface area (Å²) >= 11 is 0. The van der Waals surface area contributed by atoms with Crippen molar-refractivity contribution in [2.75, 3.05) is 47.8 Å². The SMILES string of the molecule is C=C(C)C(=O)OCCC[Si](OCC)(OCC)OCC.C=C[Si](OC)(OC)OC. The summed E-state index contributed by atoms with van der Waals surface area (Å²) in [5.74, 6) is -0.364. The van der Waals surface area contributed by atoms with E-state index >= 15 is 0 Å². The van der Waals surface area contributed by atoms with Crippen LogP contribution in [0.2, 0.25) is 6.04 Å². The van der Waals surface area contributed by atoms with Crippen LogP contribution in [0.1, 0.15) is 34.1 Å². The Morgan fingerprint density at radius 1 is 0.929 bits per heavy atom. The minimum Gasteiger partial charge on any atom is -0.462 e. The summed E-state index contributed by atoms with van der Waals surface area (Å²) in [5.41, 5.74) is 1.98. The molecule has 0 N–H and O–H groups in total. The zero-order chi connectivity index (χ0) is 22.1. The predicted octanol–water partition coefficient (Wildman–Crippen LogP) is 3.13. The van der Waals surface area contributed by atoms with Crippen molar-refractivity contribution in [1.82, 2.24) is 0 Å². The van der Waals surface area contributed by atoms with Crippen molar-refractivity contribution in [3.05, 3.63) is 24.4 Å². The van der Waals surface area contributed by atoms with Gasteiger partial charge in [0.25, 0.3) is 0 Å². The molecular weight excluding hydrogens is 400 g/mol. The van der Waals surface area contributed by atoms with Crippen LogP contribution in [0.15, 0.2) is 24.4 Å². The molecular formula is C18H38O8Si2. The number of carbonyl (C=O) groups excluding carboxylic acids is 1. The van der Waals surface area contributed by atoms with Crippen LogP contribution in [0.25, 0.3) is 0 Å². The van der Waals surface area contributed by atoms with E-state index in [4.69, 9.17) is 31.3 Å². The second kappa shape index (κ2) is 17.0. The largest absolute Gasteiger partial charge is 0.528 e. The monoisotopic (exact) mass is 438 g/mol. The normalized spacial score (nSPS) is 11.4. The minimum atomic E-state index is -2.61. The van der Waals surface area contributed by atoms with Gasteiger partial charge in [0.15, 0.2) is 0 Å². The summed E-state index contributed by atoms with van der Waals surface area (Å²) in [4.78, 5) is 11.2. The third-order valence-corrected chi connectivity index (χ3v) is 8.76. The number of ether oxygens (including phenoxy) is 1. The lowest BCUT2D eigenvalue weighted by Gasteiger charge is -2.28. The van der Waals surface area contributed by atoms with Gasteiger partial charge in [-0.15, -0.1) is 0 Å². The Bertz CT molecular complexity index is 416. The van der Waals surface area contributed by atoms with Gasteiger partial charge in [-0.25, -0.2) is 4.79 Å². The molecule has 0 atom stereocenters. The van der Waals surface area contributed by atoms with E-state index in [9.17, 15) is 4.79 Å². The maximum Gasteiger partial charge on any atom is 0.528 e. The van der Waals surface area contributed by atoms with Crippen molar-refractivity contribution in [2.45, 2.75) is 40.2 Å². The van der Waals surface area contributed by atoms with Crippen LogP contribution in [0.3, 0.4) is 0 Å². The lowest BCUT2D eigenvalue weighted by molar-refractivity contribution is -0.139. The Morgan fingerprint density at radius 2 is 1.36 bits per heavy atom. The van der Waals surface area contributed by atoms with Crippen LogP contribution in [0.4, 0.5) is 0 Å². The van der Waals surface area contributed by atoms with Gasteiger partial charge in [-0.3, -0.25) is 0 Å². The van der Waals surface area contributed by atoms with Crippen LogP contribution < -0.4 is 0 Å². The molecule has 10 heteroatoms. The van der Waals surface area contributed by atoms with Crippen LogP contribution in [0.5, 0.6) is 0 Å². The number of hydrogen-bond donors (Lipinski definition) is 0. The van der Waals surface area contributed by atoms with E-state index in [1.807, 2.05) is 20.8 Å². The van der Waals surface area contributed by atoms with E-state index in [1.165, 1.54) is 0 Å². The minimum absolute atomic E-state index is 0.327. The van der Waals surface area contributed by atoms with Gasteiger partial charge in [-0.1, -0.05) is 13.2 Å². The van der Waals surface area contributed by atoms with Gasteiger partial charge >= 0.3 is 23.6 Å². The van der Waals surface area contributed by atoms with E-state index < -0.39 is 17.6 Å². The Balaban J connectivity index is 0. The van der Waals surface area contributed by atoms with Gasteiger partial charge in [-0.2, -0.15) is 0 Å². The Morgan fingerprint density at radius 3 is 1.61 bits per heavy atom. The zero-order valence-corrected chi connectivity index (χ0v) is 20.5.